The molecule has 0 saturated carbocycles. The standard InChI is InChI=1S/C14H15ClFN3O/c1-20-13-6-8(2-4-11(13)15)14(19-18)10-7-9(16)3-5-12(10)17/h2-7,14,19H,17-18H2,1H3. The number of nitrogens with two attached hydrogens (primary N) is 2. The van der Waals surface area contributed by atoms with E-state index in [1.165, 1.54) is 25.3 Å². The van der Waals surface area contributed by atoms with Gasteiger partial charge in [-0.2, -0.15) is 0 Å². The molecule has 2 aromatic carbocycles. The molecule has 0 aliphatic heterocycles. The van der Waals surface area contributed by atoms with Crippen LogP contribution in [0, 0.1) is 5.82 Å². The van der Waals surface area contributed by atoms with Gasteiger partial charge in [-0.3, -0.25) is 5.84 Å². The molecule has 0 amide bonds. The molecule has 0 saturated heterocycles. The smallest absolute Gasteiger partial charge is 0.137 e. The molecule has 0 radical (unpaired) electrons. The zero-order chi connectivity index (χ0) is 14.7. The Morgan fingerprint density at radius 2 is 2.00 bits per heavy atom. The van der Waals surface area contributed by atoms with E-state index in [9.17, 15) is 4.39 Å². The van der Waals surface area contributed by atoms with Crippen LogP contribution in [0.3, 0.4) is 0 Å². The van der Waals surface area contributed by atoms with Crippen LogP contribution in [0.15, 0.2) is 36.4 Å². The van der Waals surface area contributed by atoms with Crippen molar-refractivity contribution in [3.63, 3.8) is 0 Å². The lowest BCUT2D eigenvalue weighted by Crippen LogP contribution is -2.29. The Hall–Kier alpha value is -1.82. The molecule has 6 heteroatoms. The third-order valence-corrected chi connectivity index (χ3v) is 3.35. The molecular weight excluding hydrogens is 281 g/mol. The maximum Gasteiger partial charge on any atom is 0.137 e. The van der Waals surface area contributed by atoms with E-state index in [1.807, 2.05) is 0 Å². The minimum Gasteiger partial charge on any atom is -0.495 e. The van der Waals surface area contributed by atoms with Crippen LogP contribution >= 0.6 is 11.6 Å². The average molecular weight is 296 g/mol. The summed E-state index contributed by atoms with van der Waals surface area (Å²) in [5, 5.41) is 0.485. The van der Waals surface area contributed by atoms with Gasteiger partial charge in [0, 0.05) is 11.3 Å². The van der Waals surface area contributed by atoms with Gasteiger partial charge in [0.15, 0.2) is 0 Å². The minimum absolute atomic E-state index is 0.379. The Morgan fingerprint density at radius 3 is 2.65 bits per heavy atom. The van der Waals surface area contributed by atoms with Gasteiger partial charge in [0.05, 0.1) is 18.2 Å². The van der Waals surface area contributed by atoms with E-state index in [0.717, 1.165) is 5.56 Å². The van der Waals surface area contributed by atoms with Crippen LogP contribution in [0.1, 0.15) is 17.2 Å². The van der Waals surface area contributed by atoms with E-state index < -0.39 is 6.04 Å². The molecule has 5 N–H and O–H groups in total. The van der Waals surface area contributed by atoms with E-state index in [1.54, 1.807) is 18.2 Å². The maximum atomic E-state index is 13.4. The molecule has 2 rings (SSSR count). The maximum absolute atomic E-state index is 13.4. The second-order valence-corrected chi connectivity index (χ2v) is 4.67. The fraction of sp³-hybridized carbons (Fsp3) is 0.143. The van der Waals surface area contributed by atoms with Gasteiger partial charge in [-0.1, -0.05) is 17.7 Å². The summed E-state index contributed by atoms with van der Waals surface area (Å²) in [6.07, 6.45) is 0. The Kier molecular flexibility index (Phi) is 4.44. The quantitative estimate of drug-likeness (QED) is 0.460. The van der Waals surface area contributed by atoms with Crippen molar-refractivity contribution in [2.75, 3.05) is 12.8 Å². The van der Waals surface area contributed by atoms with Gasteiger partial charge < -0.3 is 10.5 Å². The van der Waals surface area contributed by atoms with Crippen LogP contribution in [0.25, 0.3) is 0 Å². The first-order valence-electron chi connectivity index (χ1n) is 5.91. The third kappa shape index (κ3) is 2.85. The van der Waals surface area contributed by atoms with Crippen molar-refractivity contribution in [2.45, 2.75) is 6.04 Å². The first-order chi connectivity index (χ1) is 9.56. The summed E-state index contributed by atoms with van der Waals surface area (Å²) in [6.45, 7) is 0. The number of ether oxygens (including phenoxy) is 1. The molecule has 1 atom stereocenters. The van der Waals surface area contributed by atoms with Crippen molar-refractivity contribution in [3.8, 4) is 5.75 Å². The van der Waals surface area contributed by atoms with Crippen LogP contribution < -0.4 is 21.7 Å². The number of halogens is 2. The molecule has 106 valence electrons. The van der Waals surface area contributed by atoms with E-state index in [0.29, 0.717) is 22.0 Å². The van der Waals surface area contributed by atoms with Gasteiger partial charge >= 0.3 is 0 Å². The number of benzene rings is 2. The lowest BCUT2D eigenvalue weighted by Gasteiger charge is -2.19. The van der Waals surface area contributed by atoms with Gasteiger partial charge in [-0.15, -0.1) is 0 Å². The van der Waals surface area contributed by atoms with Crippen LogP contribution in [0.2, 0.25) is 5.02 Å². The van der Waals surface area contributed by atoms with E-state index in [4.69, 9.17) is 27.9 Å². The number of nitrogens with one attached hydrogen (secondary N) is 1. The molecule has 2 aromatic rings. The van der Waals surface area contributed by atoms with Gasteiger partial charge in [0.1, 0.15) is 11.6 Å². The third-order valence-electron chi connectivity index (χ3n) is 3.04. The fourth-order valence-corrected chi connectivity index (χ4v) is 2.21. The summed E-state index contributed by atoms with van der Waals surface area (Å²) < 4.78 is 18.6. The molecule has 0 bridgehead atoms. The highest BCUT2D eigenvalue weighted by Crippen LogP contribution is 2.32. The Balaban J connectivity index is 2.49. The minimum atomic E-state index is -0.461. The SMILES string of the molecule is COc1cc(C(NN)c2cc(F)ccc2N)ccc1Cl. The van der Waals surface area contributed by atoms with Gasteiger partial charge in [-0.25, -0.2) is 9.82 Å². The molecule has 0 aliphatic carbocycles. The Labute approximate surface area is 121 Å². The summed E-state index contributed by atoms with van der Waals surface area (Å²) in [4.78, 5) is 0. The number of hydrogen-bond acceptors (Lipinski definition) is 4. The van der Waals surface area contributed by atoms with Crippen molar-refractivity contribution in [3.05, 3.63) is 58.4 Å². The molecule has 20 heavy (non-hydrogen) atoms. The zero-order valence-electron chi connectivity index (χ0n) is 10.9. The van der Waals surface area contributed by atoms with Gasteiger partial charge in [-0.05, 0) is 35.9 Å². The molecule has 0 aromatic heterocycles. The number of rotatable bonds is 4. The first kappa shape index (κ1) is 14.6. The fourth-order valence-electron chi connectivity index (χ4n) is 2.02. The van der Waals surface area contributed by atoms with Gasteiger partial charge in [0.2, 0.25) is 0 Å². The van der Waals surface area contributed by atoms with Crippen molar-refractivity contribution >= 4 is 17.3 Å². The highest BCUT2D eigenvalue weighted by atomic mass is 35.5. The lowest BCUT2D eigenvalue weighted by molar-refractivity contribution is 0.414. The van der Waals surface area contributed by atoms with Crippen molar-refractivity contribution in [1.82, 2.24) is 5.43 Å². The van der Waals surface area contributed by atoms with Crippen molar-refractivity contribution in [2.24, 2.45) is 5.84 Å². The average Bonchev–Trinajstić information content (AvgIpc) is 2.45. The monoisotopic (exact) mass is 295 g/mol. The summed E-state index contributed by atoms with van der Waals surface area (Å²) in [7, 11) is 1.52. The van der Waals surface area contributed by atoms with Crippen molar-refractivity contribution < 1.29 is 9.13 Å². The number of hydrogen-bond donors (Lipinski definition) is 3. The lowest BCUT2D eigenvalue weighted by atomic mass is 9.97. The largest absolute Gasteiger partial charge is 0.495 e. The van der Waals surface area contributed by atoms with E-state index >= 15 is 0 Å². The van der Waals surface area contributed by atoms with Crippen molar-refractivity contribution in [1.29, 1.82) is 0 Å². The molecule has 0 fully saturated rings. The predicted molar refractivity (Wildman–Crippen MR) is 78.0 cm³/mol. The Bertz CT molecular complexity index is 621. The molecule has 4 nitrogen and oxygen atoms in total. The molecule has 0 heterocycles. The van der Waals surface area contributed by atoms with Gasteiger partial charge in [0.25, 0.3) is 0 Å². The molecule has 1 unspecified atom stereocenters. The first-order valence-corrected chi connectivity index (χ1v) is 6.29. The summed E-state index contributed by atoms with van der Waals surface area (Å²) >= 11 is 5.99. The summed E-state index contributed by atoms with van der Waals surface area (Å²) in [5.74, 6) is 5.72. The normalized spacial score (nSPS) is 12.2. The summed E-state index contributed by atoms with van der Waals surface area (Å²) in [5.41, 5.74) is 10.3. The second-order valence-electron chi connectivity index (χ2n) is 4.27. The van der Waals surface area contributed by atoms with E-state index in [2.05, 4.69) is 5.43 Å². The van der Waals surface area contributed by atoms with Crippen LogP contribution in [-0.4, -0.2) is 7.11 Å². The number of hydrazine groups is 1. The molecule has 0 aliphatic rings. The van der Waals surface area contributed by atoms with E-state index in [-0.39, 0.29) is 5.82 Å². The Morgan fingerprint density at radius 1 is 1.25 bits per heavy atom. The van der Waals surface area contributed by atoms with Crippen LogP contribution in [-0.2, 0) is 0 Å². The van der Waals surface area contributed by atoms with Crippen LogP contribution in [0.4, 0.5) is 10.1 Å². The number of nitrogen functional groups attached to an aromatic ring is 1. The highest BCUT2D eigenvalue weighted by molar-refractivity contribution is 6.32. The molecular formula is C14H15ClFN3O. The predicted octanol–water partition coefficient (Wildman–Crippen LogP) is 2.62. The highest BCUT2D eigenvalue weighted by Gasteiger charge is 2.17. The van der Waals surface area contributed by atoms with Crippen LogP contribution in [0.5, 0.6) is 5.75 Å². The second kappa shape index (κ2) is 6.09. The number of methoxy groups -OCH3 is 1. The summed E-state index contributed by atoms with van der Waals surface area (Å²) in [6, 6.07) is 8.89. The molecule has 0 spiro atoms. The number of anilines is 1. The zero-order valence-corrected chi connectivity index (χ0v) is 11.6. The topological polar surface area (TPSA) is 73.3 Å².